The maximum absolute atomic E-state index is 13.0. The van der Waals surface area contributed by atoms with Crippen molar-refractivity contribution in [1.29, 1.82) is 0 Å². The largest absolute Gasteiger partial charge is 0.508 e. The quantitative estimate of drug-likeness (QED) is 0.0998. The van der Waals surface area contributed by atoms with E-state index in [-0.39, 0.29) is 59.6 Å². The minimum Gasteiger partial charge on any atom is -0.508 e. The normalized spacial score (nSPS) is 10.6. The number of phenolic OH excluding ortho intramolecular Hbond substituents is 1. The van der Waals surface area contributed by atoms with Gasteiger partial charge in [-0.25, -0.2) is 0 Å². The first-order valence-corrected chi connectivity index (χ1v) is 13.8. The smallest absolute Gasteiger partial charge is 0.311 e. The highest BCUT2D eigenvalue weighted by Crippen LogP contribution is 2.29. The van der Waals surface area contributed by atoms with Gasteiger partial charge in [0.1, 0.15) is 23.0 Å². The standard InChI is InChI=1S/C31H40O8/c1-4-5-6-7-8-9-10-11-12-13-31(36)39-29-20-25(34)16-14-24(29)15-19-28(35)27-18-17-26(37-22(2)32)21-30(27)38-23(3)33/h14,16-18,20-21,34H,4-13,15,19H2,1-3H3. The van der Waals surface area contributed by atoms with Gasteiger partial charge in [0, 0.05) is 38.8 Å². The van der Waals surface area contributed by atoms with Crippen LogP contribution in [-0.2, 0) is 20.8 Å². The molecule has 0 bridgehead atoms. The van der Waals surface area contributed by atoms with Gasteiger partial charge in [0.2, 0.25) is 0 Å². The van der Waals surface area contributed by atoms with E-state index < -0.39 is 11.9 Å². The molecule has 8 nitrogen and oxygen atoms in total. The first-order chi connectivity index (χ1) is 18.7. The molecular formula is C31H40O8. The lowest BCUT2D eigenvalue weighted by molar-refractivity contribution is -0.135. The van der Waals surface area contributed by atoms with Crippen LogP contribution in [0.2, 0.25) is 0 Å². The summed E-state index contributed by atoms with van der Waals surface area (Å²) in [7, 11) is 0. The van der Waals surface area contributed by atoms with Gasteiger partial charge in [-0.1, -0.05) is 64.4 Å². The second kappa shape index (κ2) is 17.0. The van der Waals surface area contributed by atoms with Crippen molar-refractivity contribution in [3.63, 3.8) is 0 Å². The zero-order valence-corrected chi connectivity index (χ0v) is 23.3. The Bertz CT molecular complexity index is 1120. The summed E-state index contributed by atoms with van der Waals surface area (Å²) >= 11 is 0. The van der Waals surface area contributed by atoms with Crippen molar-refractivity contribution in [2.24, 2.45) is 0 Å². The third kappa shape index (κ3) is 12.1. The number of hydrogen-bond donors (Lipinski definition) is 1. The molecular weight excluding hydrogens is 500 g/mol. The lowest BCUT2D eigenvalue weighted by Gasteiger charge is -2.12. The Kier molecular flexibility index (Phi) is 13.8. The molecule has 0 radical (unpaired) electrons. The summed E-state index contributed by atoms with van der Waals surface area (Å²) in [6.07, 6.45) is 10.8. The van der Waals surface area contributed by atoms with E-state index in [9.17, 15) is 24.3 Å². The van der Waals surface area contributed by atoms with Gasteiger partial charge in [-0.05, 0) is 36.6 Å². The van der Waals surface area contributed by atoms with Crippen molar-refractivity contribution in [3.8, 4) is 23.0 Å². The summed E-state index contributed by atoms with van der Waals surface area (Å²) in [5, 5.41) is 9.92. The fourth-order valence-electron chi connectivity index (χ4n) is 4.18. The Morgan fingerprint density at radius 1 is 0.692 bits per heavy atom. The third-order valence-corrected chi connectivity index (χ3v) is 6.15. The van der Waals surface area contributed by atoms with Gasteiger partial charge in [0.15, 0.2) is 5.78 Å². The van der Waals surface area contributed by atoms with Crippen molar-refractivity contribution in [3.05, 3.63) is 47.5 Å². The molecule has 0 atom stereocenters. The van der Waals surface area contributed by atoms with Crippen LogP contribution in [0.3, 0.4) is 0 Å². The van der Waals surface area contributed by atoms with Crippen molar-refractivity contribution >= 4 is 23.7 Å². The van der Waals surface area contributed by atoms with E-state index in [4.69, 9.17) is 14.2 Å². The van der Waals surface area contributed by atoms with E-state index in [0.29, 0.717) is 5.56 Å². The maximum Gasteiger partial charge on any atom is 0.311 e. The fraction of sp³-hybridized carbons (Fsp3) is 0.484. The minimum absolute atomic E-state index is 0.00966. The van der Waals surface area contributed by atoms with Gasteiger partial charge in [-0.2, -0.15) is 0 Å². The molecule has 0 amide bonds. The molecule has 0 heterocycles. The molecule has 2 aromatic carbocycles. The van der Waals surface area contributed by atoms with Crippen LogP contribution in [0.4, 0.5) is 0 Å². The van der Waals surface area contributed by atoms with Gasteiger partial charge in [0.05, 0.1) is 5.56 Å². The van der Waals surface area contributed by atoms with Crippen LogP contribution >= 0.6 is 0 Å². The number of ether oxygens (including phenoxy) is 3. The number of esters is 3. The predicted octanol–water partition coefficient (Wildman–Crippen LogP) is 6.88. The van der Waals surface area contributed by atoms with E-state index >= 15 is 0 Å². The fourth-order valence-corrected chi connectivity index (χ4v) is 4.18. The van der Waals surface area contributed by atoms with E-state index in [1.807, 2.05) is 0 Å². The molecule has 0 unspecified atom stereocenters. The number of benzene rings is 2. The number of aryl methyl sites for hydroxylation is 1. The Balaban J connectivity index is 1.94. The first kappa shape index (κ1) is 31.5. The van der Waals surface area contributed by atoms with Gasteiger partial charge >= 0.3 is 17.9 Å². The average Bonchev–Trinajstić information content (AvgIpc) is 2.86. The zero-order valence-electron chi connectivity index (χ0n) is 23.3. The number of rotatable bonds is 17. The van der Waals surface area contributed by atoms with Crippen LogP contribution in [0.5, 0.6) is 23.0 Å². The SMILES string of the molecule is CCCCCCCCCCCC(=O)Oc1cc(O)ccc1CCC(=O)c1ccc(OC(C)=O)cc1OC(C)=O. The van der Waals surface area contributed by atoms with Crippen molar-refractivity contribution in [1.82, 2.24) is 0 Å². The summed E-state index contributed by atoms with van der Waals surface area (Å²) in [4.78, 5) is 48.2. The molecule has 0 spiro atoms. The van der Waals surface area contributed by atoms with Crippen LogP contribution in [0.1, 0.15) is 107 Å². The van der Waals surface area contributed by atoms with E-state index in [2.05, 4.69) is 6.92 Å². The number of aromatic hydroxyl groups is 1. The topological polar surface area (TPSA) is 116 Å². The van der Waals surface area contributed by atoms with Crippen molar-refractivity contribution in [2.45, 2.75) is 97.8 Å². The number of hydrogen-bond acceptors (Lipinski definition) is 8. The lowest BCUT2D eigenvalue weighted by atomic mass is 10.0. The van der Waals surface area contributed by atoms with Gasteiger partial charge in [0.25, 0.3) is 0 Å². The second-order valence-electron chi connectivity index (χ2n) is 9.61. The number of carbonyl (C=O) groups excluding carboxylic acids is 4. The van der Waals surface area contributed by atoms with Crippen LogP contribution in [-0.4, -0.2) is 28.8 Å². The summed E-state index contributed by atoms with van der Waals surface area (Å²) < 4.78 is 15.7. The van der Waals surface area contributed by atoms with Crippen molar-refractivity contribution in [2.75, 3.05) is 0 Å². The van der Waals surface area contributed by atoms with Crippen LogP contribution in [0.15, 0.2) is 36.4 Å². The summed E-state index contributed by atoms with van der Waals surface area (Å²) in [5.74, 6) is -1.56. The summed E-state index contributed by atoms with van der Waals surface area (Å²) in [5.41, 5.74) is 0.746. The molecule has 0 saturated carbocycles. The summed E-state index contributed by atoms with van der Waals surface area (Å²) in [6, 6.07) is 8.64. The molecule has 0 fully saturated rings. The molecule has 2 rings (SSSR count). The number of unbranched alkanes of at least 4 members (excludes halogenated alkanes) is 8. The molecule has 0 aliphatic heterocycles. The Labute approximate surface area is 230 Å². The molecule has 212 valence electrons. The van der Waals surface area contributed by atoms with Crippen LogP contribution in [0.25, 0.3) is 0 Å². The molecule has 2 aromatic rings. The number of phenols is 1. The predicted molar refractivity (Wildman–Crippen MR) is 147 cm³/mol. The highest BCUT2D eigenvalue weighted by Gasteiger charge is 2.18. The second-order valence-corrected chi connectivity index (χ2v) is 9.61. The first-order valence-electron chi connectivity index (χ1n) is 13.8. The molecule has 1 N–H and O–H groups in total. The zero-order chi connectivity index (χ0) is 28.6. The Hall–Kier alpha value is -3.68. The van der Waals surface area contributed by atoms with Crippen LogP contribution in [0, 0.1) is 0 Å². The third-order valence-electron chi connectivity index (χ3n) is 6.15. The molecule has 0 aliphatic carbocycles. The monoisotopic (exact) mass is 540 g/mol. The van der Waals surface area contributed by atoms with Gasteiger partial charge < -0.3 is 19.3 Å². The van der Waals surface area contributed by atoms with E-state index in [0.717, 1.165) is 19.3 Å². The number of ketones is 1. The van der Waals surface area contributed by atoms with Crippen molar-refractivity contribution < 1.29 is 38.5 Å². The van der Waals surface area contributed by atoms with Gasteiger partial charge in [-0.15, -0.1) is 0 Å². The minimum atomic E-state index is -0.622. The maximum atomic E-state index is 13.0. The van der Waals surface area contributed by atoms with Gasteiger partial charge in [-0.3, -0.25) is 19.2 Å². The Morgan fingerprint density at radius 3 is 1.97 bits per heavy atom. The molecule has 0 aromatic heterocycles. The summed E-state index contributed by atoms with van der Waals surface area (Å²) in [6.45, 7) is 4.65. The molecule has 39 heavy (non-hydrogen) atoms. The van der Waals surface area contributed by atoms with Crippen LogP contribution < -0.4 is 14.2 Å². The highest BCUT2D eigenvalue weighted by molar-refractivity contribution is 5.99. The Morgan fingerprint density at radius 2 is 1.33 bits per heavy atom. The van der Waals surface area contributed by atoms with E-state index in [1.165, 1.54) is 82.7 Å². The number of carbonyl (C=O) groups is 4. The lowest BCUT2D eigenvalue weighted by Crippen LogP contribution is -2.11. The van der Waals surface area contributed by atoms with E-state index in [1.54, 1.807) is 6.07 Å². The molecule has 8 heteroatoms. The number of Topliss-reactive ketones (excluding diaryl/α,β-unsaturated/α-hetero) is 1. The average molecular weight is 541 g/mol. The highest BCUT2D eigenvalue weighted by atomic mass is 16.5. The molecule has 0 aliphatic rings. The molecule has 0 saturated heterocycles.